The maximum Gasteiger partial charge on any atom is 0.281 e. The third kappa shape index (κ3) is 4.41. The molecule has 0 spiro atoms. The summed E-state index contributed by atoms with van der Waals surface area (Å²) in [7, 11) is -3.20. The number of hydrogen-bond acceptors (Lipinski definition) is 3. The number of hydrogen-bond donors (Lipinski definition) is 1. The Morgan fingerprint density at radius 2 is 1.62 bits per heavy atom. The van der Waals surface area contributed by atoms with E-state index in [1.54, 1.807) is 8.61 Å². The van der Waals surface area contributed by atoms with Gasteiger partial charge in [0, 0.05) is 32.2 Å². The van der Waals surface area contributed by atoms with Crippen LogP contribution in [0.2, 0.25) is 0 Å². The van der Waals surface area contributed by atoms with Crippen LogP contribution in [0.1, 0.15) is 52.4 Å². The van der Waals surface area contributed by atoms with E-state index >= 15 is 0 Å². The summed E-state index contributed by atoms with van der Waals surface area (Å²) < 4.78 is 28.7. The molecule has 2 fully saturated rings. The minimum atomic E-state index is -3.20. The second-order valence-electron chi connectivity index (χ2n) is 6.45. The van der Waals surface area contributed by atoms with Crippen LogP contribution in [0.15, 0.2) is 0 Å². The lowest BCUT2D eigenvalue weighted by Crippen LogP contribution is -2.50. The van der Waals surface area contributed by atoms with E-state index in [2.05, 4.69) is 19.2 Å². The fourth-order valence-corrected chi connectivity index (χ4v) is 5.12. The summed E-state index contributed by atoms with van der Waals surface area (Å²) in [5.41, 5.74) is 0. The normalized spacial score (nSPS) is 25.0. The highest BCUT2D eigenvalue weighted by Crippen LogP contribution is 2.25. The number of nitrogens with one attached hydrogen (secondary N) is 1. The molecule has 1 atom stereocenters. The Morgan fingerprint density at radius 1 is 1.05 bits per heavy atom. The molecule has 2 rings (SSSR count). The second kappa shape index (κ2) is 7.90. The number of rotatable bonds is 6. The van der Waals surface area contributed by atoms with E-state index in [0.717, 1.165) is 45.1 Å². The summed E-state index contributed by atoms with van der Waals surface area (Å²) in [5.74, 6) is 0.601. The van der Waals surface area contributed by atoms with Crippen molar-refractivity contribution >= 4 is 10.2 Å². The molecule has 2 aliphatic heterocycles. The van der Waals surface area contributed by atoms with Crippen LogP contribution in [-0.4, -0.2) is 55.8 Å². The average molecular weight is 317 g/mol. The smallest absolute Gasteiger partial charge is 0.281 e. The van der Waals surface area contributed by atoms with Crippen molar-refractivity contribution in [3.63, 3.8) is 0 Å². The topological polar surface area (TPSA) is 52.7 Å². The molecule has 2 saturated heterocycles. The molecule has 2 aliphatic rings. The van der Waals surface area contributed by atoms with Gasteiger partial charge in [-0.05, 0) is 51.5 Å². The van der Waals surface area contributed by atoms with Gasteiger partial charge in [-0.1, -0.05) is 13.3 Å². The zero-order valence-electron chi connectivity index (χ0n) is 13.6. The van der Waals surface area contributed by atoms with Crippen LogP contribution in [0, 0.1) is 5.92 Å². The van der Waals surface area contributed by atoms with E-state index in [9.17, 15) is 8.42 Å². The molecule has 5 nitrogen and oxygen atoms in total. The first-order chi connectivity index (χ1) is 10.1. The van der Waals surface area contributed by atoms with Crippen LogP contribution in [-0.2, 0) is 10.2 Å². The lowest BCUT2D eigenvalue weighted by molar-refractivity contribution is 0.216. The quantitative estimate of drug-likeness (QED) is 0.813. The minimum absolute atomic E-state index is 0.491. The van der Waals surface area contributed by atoms with Gasteiger partial charge in [0.05, 0.1) is 0 Å². The van der Waals surface area contributed by atoms with E-state index in [-0.39, 0.29) is 0 Å². The van der Waals surface area contributed by atoms with Gasteiger partial charge in [-0.25, -0.2) is 0 Å². The molecular weight excluding hydrogens is 286 g/mol. The lowest BCUT2D eigenvalue weighted by atomic mass is 9.91. The van der Waals surface area contributed by atoms with Gasteiger partial charge < -0.3 is 5.32 Å². The maximum atomic E-state index is 12.6. The molecular formula is C15H31N3O2S. The Kier molecular flexibility index (Phi) is 6.47. The fraction of sp³-hybridized carbons (Fsp3) is 1.00. The molecule has 1 N–H and O–H groups in total. The van der Waals surface area contributed by atoms with Crippen LogP contribution < -0.4 is 5.32 Å². The molecule has 0 amide bonds. The third-order valence-corrected chi connectivity index (χ3v) is 6.93. The van der Waals surface area contributed by atoms with Crippen LogP contribution in [0.5, 0.6) is 0 Å². The van der Waals surface area contributed by atoms with Crippen molar-refractivity contribution in [2.24, 2.45) is 5.92 Å². The van der Waals surface area contributed by atoms with Crippen molar-refractivity contribution in [3.05, 3.63) is 0 Å². The Bertz CT molecular complexity index is 399. The monoisotopic (exact) mass is 317 g/mol. The van der Waals surface area contributed by atoms with E-state index in [1.807, 2.05) is 0 Å². The number of nitrogens with zero attached hydrogens (tertiary/aromatic N) is 2. The Labute approximate surface area is 130 Å². The first kappa shape index (κ1) is 17.2. The van der Waals surface area contributed by atoms with Gasteiger partial charge in [-0.3, -0.25) is 0 Å². The first-order valence-electron chi connectivity index (χ1n) is 8.54. The molecule has 0 aromatic carbocycles. The first-order valence-corrected chi connectivity index (χ1v) is 9.94. The lowest BCUT2D eigenvalue weighted by Gasteiger charge is -2.37. The van der Waals surface area contributed by atoms with E-state index in [1.165, 1.54) is 0 Å². The van der Waals surface area contributed by atoms with Gasteiger partial charge in [0.25, 0.3) is 10.2 Å². The van der Waals surface area contributed by atoms with Crippen LogP contribution in [0.25, 0.3) is 0 Å². The van der Waals surface area contributed by atoms with Crippen molar-refractivity contribution in [1.82, 2.24) is 13.9 Å². The zero-order valence-corrected chi connectivity index (χ0v) is 14.4. The van der Waals surface area contributed by atoms with Crippen molar-refractivity contribution < 1.29 is 8.42 Å². The van der Waals surface area contributed by atoms with Crippen molar-refractivity contribution in [3.8, 4) is 0 Å². The molecule has 0 aromatic heterocycles. The van der Waals surface area contributed by atoms with Gasteiger partial charge in [0.2, 0.25) is 0 Å². The van der Waals surface area contributed by atoms with Gasteiger partial charge in [0.15, 0.2) is 0 Å². The van der Waals surface area contributed by atoms with Gasteiger partial charge in [-0.2, -0.15) is 17.0 Å². The molecule has 1 unspecified atom stereocenters. The van der Waals surface area contributed by atoms with Crippen LogP contribution in [0.4, 0.5) is 0 Å². The maximum absolute atomic E-state index is 12.6. The second-order valence-corrected chi connectivity index (χ2v) is 8.38. The molecule has 0 aromatic rings. The SMILES string of the molecule is CCCNC(C)C1CCN(S(=O)(=O)N2CCCCC2)CC1. The molecule has 2 heterocycles. The number of piperidine rings is 2. The largest absolute Gasteiger partial charge is 0.314 e. The summed E-state index contributed by atoms with van der Waals surface area (Å²) in [6, 6.07) is 0.491. The average Bonchev–Trinajstić information content (AvgIpc) is 2.53. The standard InChI is InChI=1S/C15H31N3O2S/c1-3-9-16-14(2)15-7-12-18(13-8-15)21(19,20)17-10-5-4-6-11-17/h14-16H,3-13H2,1-2H3. The highest BCUT2D eigenvalue weighted by molar-refractivity contribution is 7.86. The molecule has 21 heavy (non-hydrogen) atoms. The summed E-state index contributed by atoms with van der Waals surface area (Å²) >= 11 is 0. The summed E-state index contributed by atoms with van der Waals surface area (Å²) in [4.78, 5) is 0. The van der Waals surface area contributed by atoms with Crippen molar-refractivity contribution in [2.45, 2.75) is 58.4 Å². The summed E-state index contributed by atoms with van der Waals surface area (Å²) in [6.45, 7) is 8.23. The molecule has 0 saturated carbocycles. The van der Waals surface area contributed by atoms with Gasteiger partial charge in [0.1, 0.15) is 0 Å². The highest BCUT2D eigenvalue weighted by atomic mass is 32.2. The third-order valence-electron chi connectivity index (χ3n) is 4.89. The summed E-state index contributed by atoms with van der Waals surface area (Å²) in [6.07, 6.45) is 6.28. The van der Waals surface area contributed by atoms with Crippen molar-refractivity contribution in [2.75, 3.05) is 32.7 Å². The molecule has 0 radical (unpaired) electrons. The summed E-state index contributed by atoms with van der Waals surface area (Å²) in [5, 5.41) is 3.54. The molecule has 0 aliphatic carbocycles. The van der Waals surface area contributed by atoms with E-state index in [0.29, 0.717) is 38.1 Å². The van der Waals surface area contributed by atoms with E-state index in [4.69, 9.17) is 0 Å². The van der Waals surface area contributed by atoms with Gasteiger partial charge in [-0.15, -0.1) is 0 Å². The minimum Gasteiger partial charge on any atom is -0.314 e. The predicted octanol–water partition coefficient (Wildman–Crippen LogP) is 1.82. The van der Waals surface area contributed by atoms with E-state index < -0.39 is 10.2 Å². The predicted molar refractivity (Wildman–Crippen MR) is 86.4 cm³/mol. The Morgan fingerprint density at radius 3 is 2.19 bits per heavy atom. The molecule has 6 heteroatoms. The molecule has 124 valence electrons. The molecule has 0 bridgehead atoms. The highest BCUT2D eigenvalue weighted by Gasteiger charge is 2.34. The van der Waals surface area contributed by atoms with Gasteiger partial charge >= 0.3 is 0 Å². The van der Waals surface area contributed by atoms with Crippen LogP contribution in [0.3, 0.4) is 0 Å². The zero-order chi connectivity index (χ0) is 15.3. The fourth-order valence-electron chi connectivity index (χ4n) is 3.40. The van der Waals surface area contributed by atoms with Crippen LogP contribution >= 0.6 is 0 Å². The Hall–Kier alpha value is -0.170. The van der Waals surface area contributed by atoms with Crippen molar-refractivity contribution in [1.29, 1.82) is 0 Å². The Balaban J connectivity index is 1.85.